The smallest absolute Gasteiger partial charge is 0.0765 e. The molecule has 1 aliphatic rings. The van der Waals surface area contributed by atoms with Crippen LogP contribution in [-0.2, 0) is 0 Å². The van der Waals surface area contributed by atoms with Gasteiger partial charge in [0.05, 0.1) is 29.7 Å². The molecule has 4 heteroatoms. The zero-order chi connectivity index (χ0) is 10.0. The quantitative estimate of drug-likeness (QED) is 0.669. The van der Waals surface area contributed by atoms with E-state index < -0.39 is 0 Å². The van der Waals surface area contributed by atoms with Gasteiger partial charge < -0.3 is 16.2 Å². The Bertz CT molecular complexity index is 317. The maximum absolute atomic E-state index is 9.27. The number of nitrogens with zero attached hydrogens (tertiary/aromatic N) is 1. The third kappa shape index (κ3) is 1.53. The topological polar surface area (TPSA) is 71.2 Å². The van der Waals surface area contributed by atoms with Crippen molar-refractivity contribution in [2.75, 3.05) is 17.7 Å². The molecule has 1 aliphatic carbocycles. The van der Waals surface area contributed by atoms with Gasteiger partial charge >= 0.3 is 0 Å². The van der Waals surface area contributed by atoms with Crippen LogP contribution < -0.4 is 11.1 Å². The van der Waals surface area contributed by atoms with Crippen molar-refractivity contribution >= 4 is 11.4 Å². The highest BCUT2D eigenvalue weighted by Crippen LogP contribution is 2.35. The van der Waals surface area contributed by atoms with Crippen molar-refractivity contribution in [2.24, 2.45) is 0 Å². The van der Waals surface area contributed by atoms with Crippen LogP contribution in [0.15, 0.2) is 18.5 Å². The van der Waals surface area contributed by atoms with E-state index in [9.17, 15) is 5.11 Å². The highest BCUT2D eigenvalue weighted by Gasteiger charge is 2.36. The first kappa shape index (κ1) is 9.27. The Morgan fingerprint density at radius 2 is 2.36 bits per heavy atom. The highest BCUT2D eigenvalue weighted by molar-refractivity contribution is 5.65. The van der Waals surface area contributed by atoms with Gasteiger partial charge in [0.15, 0.2) is 0 Å². The largest absolute Gasteiger partial charge is 0.397 e. The zero-order valence-corrected chi connectivity index (χ0v) is 8.03. The third-order valence-corrected chi connectivity index (χ3v) is 2.87. The lowest BCUT2D eigenvalue weighted by molar-refractivity contribution is 0.144. The molecule has 1 aromatic rings. The predicted molar refractivity (Wildman–Crippen MR) is 55.9 cm³/mol. The number of nitrogen functional groups attached to an aromatic ring is 1. The van der Waals surface area contributed by atoms with Gasteiger partial charge in [0.25, 0.3) is 0 Å². The number of nitrogens with one attached hydrogen (secondary N) is 1. The zero-order valence-electron chi connectivity index (χ0n) is 8.03. The minimum absolute atomic E-state index is 0.154. The molecule has 1 heterocycles. The molecule has 76 valence electrons. The number of anilines is 2. The van der Waals surface area contributed by atoms with Crippen LogP contribution in [-0.4, -0.2) is 22.2 Å². The molecule has 0 aromatic carbocycles. The normalized spacial score (nSPS) is 18.6. The van der Waals surface area contributed by atoms with Crippen molar-refractivity contribution in [3.05, 3.63) is 18.5 Å². The molecule has 1 aromatic heterocycles. The fourth-order valence-corrected chi connectivity index (χ4v) is 1.72. The molecule has 1 saturated carbocycles. The summed E-state index contributed by atoms with van der Waals surface area (Å²) in [4.78, 5) is 4.00. The molecular formula is C10H15N3O. The maximum Gasteiger partial charge on any atom is 0.0765 e. The highest BCUT2D eigenvalue weighted by atomic mass is 16.3. The second kappa shape index (κ2) is 3.46. The fourth-order valence-electron chi connectivity index (χ4n) is 1.72. The van der Waals surface area contributed by atoms with E-state index in [-0.39, 0.29) is 12.1 Å². The van der Waals surface area contributed by atoms with Crippen LogP contribution in [0.2, 0.25) is 0 Å². The lowest BCUT2D eigenvalue weighted by Gasteiger charge is -2.42. The first-order valence-electron chi connectivity index (χ1n) is 4.84. The summed E-state index contributed by atoms with van der Waals surface area (Å²) in [6.07, 6.45) is 6.52. The van der Waals surface area contributed by atoms with Gasteiger partial charge in [-0.2, -0.15) is 0 Å². The summed E-state index contributed by atoms with van der Waals surface area (Å²) in [7, 11) is 0. The standard InChI is InChI=1S/C10H15N3O/c11-8-2-5-12-6-9(8)13-10(7-14)3-1-4-10/h2,5-6,13-14H,1,3-4,7H2,(H2,11,12). The van der Waals surface area contributed by atoms with Gasteiger partial charge in [0, 0.05) is 6.20 Å². The average Bonchev–Trinajstić information content (AvgIpc) is 2.14. The van der Waals surface area contributed by atoms with Crippen molar-refractivity contribution in [1.82, 2.24) is 4.98 Å². The Balaban J connectivity index is 2.13. The lowest BCUT2D eigenvalue weighted by Crippen LogP contribution is -2.48. The first-order valence-corrected chi connectivity index (χ1v) is 4.84. The number of hydrogen-bond acceptors (Lipinski definition) is 4. The summed E-state index contributed by atoms with van der Waals surface area (Å²) in [5, 5.41) is 12.5. The number of aliphatic hydroxyl groups excluding tert-OH is 1. The molecular weight excluding hydrogens is 178 g/mol. The molecule has 0 aliphatic heterocycles. The van der Waals surface area contributed by atoms with Gasteiger partial charge in [-0.3, -0.25) is 4.98 Å². The van der Waals surface area contributed by atoms with Crippen LogP contribution in [0.4, 0.5) is 11.4 Å². The molecule has 4 N–H and O–H groups in total. The molecule has 0 spiro atoms. The van der Waals surface area contributed by atoms with Crippen LogP contribution in [0.25, 0.3) is 0 Å². The van der Waals surface area contributed by atoms with Crippen LogP contribution in [0.5, 0.6) is 0 Å². The predicted octanol–water partition coefficient (Wildman–Crippen LogP) is 0.991. The van der Waals surface area contributed by atoms with E-state index in [4.69, 9.17) is 5.73 Å². The van der Waals surface area contributed by atoms with Gasteiger partial charge in [-0.05, 0) is 25.3 Å². The van der Waals surface area contributed by atoms with Crippen molar-refractivity contribution < 1.29 is 5.11 Å². The summed E-state index contributed by atoms with van der Waals surface area (Å²) >= 11 is 0. The Morgan fingerprint density at radius 1 is 1.57 bits per heavy atom. The Kier molecular flexibility index (Phi) is 2.29. The minimum atomic E-state index is -0.156. The van der Waals surface area contributed by atoms with Crippen LogP contribution >= 0.6 is 0 Å². The van der Waals surface area contributed by atoms with E-state index >= 15 is 0 Å². The van der Waals surface area contributed by atoms with Crippen LogP contribution in [0.3, 0.4) is 0 Å². The fraction of sp³-hybridized carbons (Fsp3) is 0.500. The summed E-state index contributed by atoms with van der Waals surface area (Å²) in [6.45, 7) is 0.154. The summed E-state index contributed by atoms with van der Waals surface area (Å²) in [5.41, 5.74) is 7.12. The summed E-state index contributed by atoms with van der Waals surface area (Å²) in [6, 6.07) is 1.76. The number of pyridine rings is 1. The van der Waals surface area contributed by atoms with Gasteiger partial charge in [-0.1, -0.05) is 0 Å². The van der Waals surface area contributed by atoms with Gasteiger partial charge in [-0.15, -0.1) is 0 Å². The number of nitrogens with two attached hydrogens (primary N) is 1. The van der Waals surface area contributed by atoms with Crippen LogP contribution in [0, 0.1) is 0 Å². The molecule has 0 amide bonds. The van der Waals surface area contributed by atoms with Crippen molar-refractivity contribution in [1.29, 1.82) is 0 Å². The molecule has 14 heavy (non-hydrogen) atoms. The lowest BCUT2D eigenvalue weighted by atomic mass is 9.77. The number of rotatable bonds is 3. The SMILES string of the molecule is Nc1ccncc1NC1(CO)CCC1. The van der Waals surface area contributed by atoms with E-state index in [0.29, 0.717) is 5.69 Å². The van der Waals surface area contributed by atoms with E-state index in [1.165, 1.54) is 0 Å². The Hall–Kier alpha value is -1.29. The van der Waals surface area contributed by atoms with Crippen molar-refractivity contribution in [2.45, 2.75) is 24.8 Å². The van der Waals surface area contributed by atoms with Gasteiger partial charge in [-0.25, -0.2) is 0 Å². The average molecular weight is 193 g/mol. The second-order valence-corrected chi connectivity index (χ2v) is 3.88. The maximum atomic E-state index is 9.27. The number of aliphatic hydroxyl groups is 1. The molecule has 0 radical (unpaired) electrons. The molecule has 0 atom stereocenters. The molecule has 0 bridgehead atoms. The van der Waals surface area contributed by atoms with Crippen LogP contribution in [0.1, 0.15) is 19.3 Å². The second-order valence-electron chi connectivity index (χ2n) is 3.88. The van der Waals surface area contributed by atoms with Gasteiger partial charge in [0.1, 0.15) is 0 Å². The monoisotopic (exact) mass is 193 g/mol. The molecule has 1 fully saturated rings. The van der Waals surface area contributed by atoms with E-state index in [1.54, 1.807) is 18.5 Å². The Labute approximate surface area is 83.2 Å². The summed E-state index contributed by atoms with van der Waals surface area (Å²) in [5.74, 6) is 0. The Morgan fingerprint density at radius 3 is 2.86 bits per heavy atom. The minimum Gasteiger partial charge on any atom is -0.397 e. The van der Waals surface area contributed by atoms with Crippen molar-refractivity contribution in [3.63, 3.8) is 0 Å². The molecule has 0 unspecified atom stereocenters. The van der Waals surface area contributed by atoms with E-state index in [2.05, 4.69) is 10.3 Å². The molecule has 0 saturated heterocycles. The number of hydrogen-bond donors (Lipinski definition) is 3. The van der Waals surface area contributed by atoms with E-state index in [1.807, 2.05) is 0 Å². The first-order chi connectivity index (χ1) is 6.76. The van der Waals surface area contributed by atoms with Gasteiger partial charge in [0.2, 0.25) is 0 Å². The molecule has 2 rings (SSSR count). The number of aromatic nitrogens is 1. The molecule has 4 nitrogen and oxygen atoms in total. The van der Waals surface area contributed by atoms with E-state index in [0.717, 1.165) is 24.9 Å². The third-order valence-electron chi connectivity index (χ3n) is 2.87. The van der Waals surface area contributed by atoms with Crippen molar-refractivity contribution in [3.8, 4) is 0 Å². The summed E-state index contributed by atoms with van der Waals surface area (Å²) < 4.78 is 0.